The highest BCUT2D eigenvalue weighted by molar-refractivity contribution is 5.84. The minimum absolute atomic E-state index is 0.105. The van der Waals surface area contributed by atoms with Crippen LogP contribution in [0.5, 0.6) is 0 Å². The lowest BCUT2D eigenvalue weighted by Gasteiger charge is -2.28. The van der Waals surface area contributed by atoms with E-state index in [4.69, 9.17) is 0 Å². The first-order valence-corrected chi connectivity index (χ1v) is 8.09. The van der Waals surface area contributed by atoms with Gasteiger partial charge in [0.15, 0.2) is 0 Å². The molecule has 0 bridgehead atoms. The molecule has 1 aromatic rings. The second kappa shape index (κ2) is 6.97. The average Bonchev–Trinajstić information content (AvgIpc) is 2.40. The summed E-state index contributed by atoms with van der Waals surface area (Å²) in [6.45, 7) is 8.37. The van der Waals surface area contributed by atoms with E-state index in [-0.39, 0.29) is 11.9 Å². The molecule has 1 unspecified atom stereocenters. The van der Waals surface area contributed by atoms with Crippen LogP contribution >= 0.6 is 0 Å². The summed E-state index contributed by atoms with van der Waals surface area (Å²) >= 11 is 0. The smallest absolute Gasteiger partial charge is 0.242 e. The maximum absolute atomic E-state index is 12.3. The van der Waals surface area contributed by atoms with Gasteiger partial charge in [0, 0.05) is 11.7 Å². The molecule has 2 rings (SSSR count). The zero-order chi connectivity index (χ0) is 15.4. The number of nitrogens with one attached hydrogen (secondary N) is 2. The van der Waals surface area contributed by atoms with E-state index in [0.717, 1.165) is 24.4 Å². The Bertz CT molecular complexity index is 470. The molecule has 3 nitrogen and oxygen atoms in total. The molecule has 1 aliphatic rings. The minimum atomic E-state index is -0.203. The van der Waals surface area contributed by atoms with Gasteiger partial charge in [0.25, 0.3) is 0 Å². The first-order chi connectivity index (χ1) is 9.94. The minimum Gasteiger partial charge on any atom is -0.374 e. The van der Waals surface area contributed by atoms with Gasteiger partial charge in [-0.15, -0.1) is 0 Å². The van der Waals surface area contributed by atoms with Gasteiger partial charge < -0.3 is 10.6 Å². The Morgan fingerprint density at radius 1 is 1.10 bits per heavy atom. The van der Waals surface area contributed by atoms with Gasteiger partial charge in [0.1, 0.15) is 6.04 Å². The quantitative estimate of drug-likeness (QED) is 0.885. The monoisotopic (exact) mass is 288 g/mol. The van der Waals surface area contributed by atoms with Crippen LogP contribution in [-0.2, 0) is 4.79 Å². The Kier molecular flexibility index (Phi) is 5.27. The van der Waals surface area contributed by atoms with E-state index in [0.29, 0.717) is 6.04 Å². The van der Waals surface area contributed by atoms with Crippen molar-refractivity contribution >= 4 is 11.6 Å². The van der Waals surface area contributed by atoms with Gasteiger partial charge >= 0.3 is 0 Å². The van der Waals surface area contributed by atoms with E-state index in [1.807, 2.05) is 6.92 Å². The van der Waals surface area contributed by atoms with Gasteiger partial charge in [0.05, 0.1) is 0 Å². The molecule has 21 heavy (non-hydrogen) atoms. The number of anilines is 1. The zero-order valence-corrected chi connectivity index (χ0v) is 13.7. The number of benzene rings is 1. The first kappa shape index (κ1) is 15.9. The van der Waals surface area contributed by atoms with Crippen molar-refractivity contribution in [1.29, 1.82) is 0 Å². The summed E-state index contributed by atoms with van der Waals surface area (Å²) < 4.78 is 0. The molecular formula is C18H28N2O. The van der Waals surface area contributed by atoms with Crippen LogP contribution in [-0.4, -0.2) is 18.0 Å². The van der Waals surface area contributed by atoms with Gasteiger partial charge in [-0.25, -0.2) is 0 Å². The number of carbonyl (C=O) groups is 1. The molecule has 0 heterocycles. The van der Waals surface area contributed by atoms with Crippen LogP contribution in [0.1, 0.15) is 50.7 Å². The molecule has 0 saturated heterocycles. The first-order valence-electron chi connectivity index (χ1n) is 8.09. The average molecular weight is 288 g/mol. The maximum atomic E-state index is 12.3. The lowest BCUT2D eigenvalue weighted by molar-refractivity contribution is -0.122. The number of amides is 1. The van der Waals surface area contributed by atoms with Crippen LogP contribution < -0.4 is 10.6 Å². The van der Waals surface area contributed by atoms with Gasteiger partial charge in [0.2, 0.25) is 5.91 Å². The Hall–Kier alpha value is -1.51. The molecule has 2 N–H and O–H groups in total. The maximum Gasteiger partial charge on any atom is 0.242 e. The van der Waals surface area contributed by atoms with Crippen LogP contribution in [0.3, 0.4) is 0 Å². The topological polar surface area (TPSA) is 41.1 Å². The Morgan fingerprint density at radius 3 is 2.24 bits per heavy atom. The van der Waals surface area contributed by atoms with Crippen molar-refractivity contribution in [3.05, 3.63) is 29.3 Å². The summed E-state index contributed by atoms with van der Waals surface area (Å²) in [5, 5.41) is 6.50. The summed E-state index contributed by atoms with van der Waals surface area (Å²) in [4.78, 5) is 12.3. The third kappa shape index (κ3) is 4.76. The summed E-state index contributed by atoms with van der Waals surface area (Å²) in [5.74, 6) is 0.915. The number of hydrogen-bond donors (Lipinski definition) is 2. The molecule has 1 saturated carbocycles. The van der Waals surface area contributed by atoms with E-state index in [9.17, 15) is 4.79 Å². The van der Waals surface area contributed by atoms with Crippen molar-refractivity contribution < 1.29 is 4.79 Å². The fraction of sp³-hybridized carbons (Fsp3) is 0.611. The molecule has 116 valence electrons. The lowest BCUT2D eigenvalue weighted by Crippen LogP contribution is -2.44. The second-order valence-corrected chi connectivity index (χ2v) is 6.71. The van der Waals surface area contributed by atoms with Gasteiger partial charge in [-0.2, -0.15) is 0 Å². The summed E-state index contributed by atoms with van der Waals surface area (Å²) in [5.41, 5.74) is 3.45. The van der Waals surface area contributed by atoms with Gasteiger partial charge in [-0.1, -0.05) is 13.0 Å². The third-order valence-electron chi connectivity index (χ3n) is 4.36. The van der Waals surface area contributed by atoms with Crippen LogP contribution in [0.25, 0.3) is 0 Å². The Morgan fingerprint density at radius 2 is 1.67 bits per heavy atom. The number of rotatable bonds is 4. The molecule has 0 spiro atoms. The largest absolute Gasteiger partial charge is 0.374 e. The van der Waals surface area contributed by atoms with Crippen molar-refractivity contribution in [3.63, 3.8) is 0 Å². The molecule has 0 radical (unpaired) electrons. The molecule has 1 aliphatic carbocycles. The SMILES string of the molecule is Cc1cc(C)cc(NC(C)C(=O)NC2CCC(C)CC2)c1. The fourth-order valence-electron chi connectivity index (χ4n) is 3.10. The molecule has 0 aliphatic heterocycles. The zero-order valence-electron chi connectivity index (χ0n) is 13.7. The number of hydrogen-bond acceptors (Lipinski definition) is 2. The standard InChI is InChI=1S/C18H28N2O/c1-12-5-7-16(8-6-12)20-18(21)15(4)19-17-10-13(2)9-14(3)11-17/h9-12,15-16,19H,5-8H2,1-4H3,(H,20,21). The summed E-state index contributed by atoms with van der Waals surface area (Å²) in [6.07, 6.45) is 4.68. The van der Waals surface area contributed by atoms with E-state index < -0.39 is 0 Å². The molecule has 1 fully saturated rings. The summed E-state index contributed by atoms with van der Waals surface area (Å²) in [6, 6.07) is 6.46. The fourth-order valence-corrected chi connectivity index (χ4v) is 3.10. The summed E-state index contributed by atoms with van der Waals surface area (Å²) in [7, 11) is 0. The van der Waals surface area contributed by atoms with E-state index >= 15 is 0 Å². The highest BCUT2D eigenvalue weighted by Crippen LogP contribution is 2.23. The molecule has 3 heteroatoms. The molecule has 0 aromatic heterocycles. The number of aryl methyl sites for hydroxylation is 2. The van der Waals surface area contributed by atoms with Crippen molar-refractivity contribution in [1.82, 2.24) is 5.32 Å². The van der Waals surface area contributed by atoms with Crippen molar-refractivity contribution in [2.75, 3.05) is 5.32 Å². The van der Waals surface area contributed by atoms with Crippen LogP contribution in [0.15, 0.2) is 18.2 Å². The van der Waals surface area contributed by atoms with E-state index in [1.165, 1.54) is 24.0 Å². The molecule has 1 aromatic carbocycles. The molecular weight excluding hydrogens is 260 g/mol. The van der Waals surface area contributed by atoms with Crippen LogP contribution in [0, 0.1) is 19.8 Å². The van der Waals surface area contributed by atoms with Crippen molar-refractivity contribution in [3.8, 4) is 0 Å². The lowest BCUT2D eigenvalue weighted by atomic mass is 9.87. The van der Waals surface area contributed by atoms with E-state index in [1.54, 1.807) is 0 Å². The van der Waals surface area contributed by atoms with Gasteiger partial charge in [-0.05, 0) is 75.6 Å². The predicted molar refractivity (Wildman–Crippen MR) is 88.6 cm³/mol. The highest BCUT2D eigenvalue weighted by Gasteiger charge is 2.22. The molecule has 1 atom stereocenters. The number of carbonyl (C=O) groups excluding carboxylic acids is 1. The Labute approximate surface area is 128 Å². The normalized spacial score (nSPS) is 23.4. The van der Waals surface area contributed by atoms with Crippen LogP contribution in [0.2, 0.25) is 0 Å². The van der Waals surface area contributed by atoms with E-state index in [2.05, 4.69) is 49.6 Å². The second-order valence-electron chi connectivity index (χ2n) is 6.71. The van der Waals surface area contributed by atoms with Gasteiger partial charge in [-0.3, -0.25) is 4.79 Å². The van der Waals surface area contributed by atoms with Crippen LogP contribution in [0.4, 0.5) is 5.69 Å². The highest BCUT2D eigenvalue weighted by atomic mass is 16.2. The predicted octanol–water partition coefficient (Wildman–Crippen LogP) is 3.80. The third-order valence-corrected chi connectivity index (χ3v) is 4.36. The van der Waals surface area contributed by atoms with Crippen molar-refractivity contribution in [2.24, 2.45) is 5.92 Å². The molecule has 1 amide bonds. The van der Waals surface area contributed by atoms with Crippen molar-refractivity contribution in [2.45, 2.75) is 65.5 Å². The Balaban J connectivity index is 1.87.